The molecule has 0 saturated heterocycles. The highest BCUT2D eigenvalue weighted by molar-refractivity contribution is 6.33. The third-order valence-electron chi connectivity index (χ3n) is 14.7. The molecule has 0 aliphatic carbocycles. The zero-order valence-electron chi connectivity index (χ0n) is 61.5. The average molecular weight is 1760 g/mol. The number of anilines is 1. The van der Waals surface area contributed by atoms with Gasteiger partial charge in [0.05, 0.1) is 59.4 Å². The lowest BCUT2D eigenvalue weighted by molar-refractivity contribution is -0.387. The van der Waals surface area contributed by atoms with Gasteiger partial charge in [-0.2, -0.15) is 13.2 Å². The first-order chi connectivity index (χ1) is 55.9. The highest BCUT2D eigenvalue weighted by atomic mass is 35.5. The van der Waals surface area contributed by atoms with Crippen LogP contribution in [0.3, 0.4) is 0 Å². The van der Waals surface area contributed by atoms with Gasteiger partial charge in [0, 0.05) is 42.9 Å². The van der Waals surface area contributed by atoms with Crippen LogP contribution in [-0.4, -0.2) is 46.7 Å². The number of ether oxygens (including phenoxy) is 7. The highest BCUT2D eigenvalue weighted by Crippen LogP contribution is 2.43. The minimum atomic E-state index is -1.83. The number of amides is 1. The maximum absolute atomic E-state index is 14.9. The highest BCUT2D eigenvalue weighted by Gasteiger charge is 2.25. The molecular weight excluding hydrogens is 1700 g/mol. The zero-order valence-corrected chi connectivity index (χ0v) is 66.8. The van der Waals surface area contributed by atoms with Gasteiger partial charge in [0.1, 0.15) is 28.7 Å². The van der Waals surface area contributed by atoms with Crippen molar-refractivity contribution in [3.05, 3.63) is 351 Å². The van der Waals surface area contributed by atoms with Crippen molar-refractivity contribution in [3.63, 3.8) is 0 Å². The second-order valence-corrected chi connectivity index (χ2v) is 26.4. The molecule has 0 saturated carbocycles. The Bertz CT molecular complexity index is 5850. The molecular formula is C82H54Cl7F7N8O14. The van der Waals surface area contributed by atoms with E-state index >= 15 is 0 Å². The summed E-state index contributed by atoms with van der Waals surface area (Å²) in [5.41, 5.74) is 3.57. The van der Waals surface area contributed by atoms with Gasteiger partial charge in [0.15, 0.2) is 87.8 Å². The molecule has 604 valence electrons. The molecule has 36 heteroatoms. The fourth-order valence-electron chi connectivity index (χ4n) is 9.26. The number of nitro benzene ring substituents is 2. The Morgan fingerprint density at radius 2 is 0.797 bits per heavy atom. The number of benzene rings is 11. The third-order valence-corrected chi connectivity index (χ3v) is 16.4. The molecule has 0 fully saturated rings. The maximum Gasteiger partial charge on any atom is 0.344 e. The van der Waals surface area contributed by atoms with E-state index in [9.17, 15) is 60.6 Å². The van der Waals surface area contributed by atoms with Crippen LogP contribution in [0.5, 0.6) is 63.2 Å². The molecule has 1 amide bonds. The van der Waals surface area contributed by atoms with Crippen molar-refractivity contribution in [1.29, 1.82) is 0 Å². The first-order valence-electron chi connectivity index (χ1n) is 32.9. The summed E-state index contributed by atoms with van der Waals surface area (Å²) in [6.07, 6.45) is 0. The lowest BCUT2D eigenvalue weighted by Gasteiger charge is -2.14. The van der Waals surface area contributed by atoms with Crippen molar-refractivity contribution >= 4 is 139 Å². The Labute approximate surface area is 703 Å². The van der Waals surface area contributed by atoms with Gasteiger partial charge < -0.3 is 43.6 Å². The van der Waals surface area contributed by atoms with Crippen LogP contribution in [0.25, 0.3) is 24.2 Å². The van der Waals surface area contributed by atoms with E-state index in [0.29, 0.717) is 55.4 Å². The topological polar surface area (TPSA) is 239 Å². The summed E-state index contributed by atoms with van der Waals surface area (Å²) in [6, 6.07) is 39.4. The van der Waals surface area contributed by atoms with Gasteiger partial charge in [-0.25, -0.2) is 46.6 Å². The standard InChI is InChI=1S/C23H17Cl2FN2O3.C18H15ClFNO4.C14H8Cl2FNO.C14H8ClFN2O3.C7H4ClNO.C6H2F3NO2/c1-13-4-6-19(14(2)8-13)28-21(29)12-30-20-7-5-18(25)23(22(20)26)31-17-10-15(24)9-16(11-17)27-3;1-4-23-16(22)10-24-15-6-5-11(2)18(17(15)20)25-14-8-12(19)7-13(9-14)21-3;1-8-3-4-12(16)14(13(8)17)19-11-6-9(15)5-10(7-11)18-2;1-8-3-4-12(18(19)20)14(13(8)16)21-11-6-9(15)5-10(7-11)17-2;1-9-6-2-5(8)3-7(10)4-6;7-3-1-2-4(10(11)12)6(9)5(3)8/h4-11H,12H2,1-2H3,(H,28,29);5-9H,4,10H2,1-2H3;3-7H,1H3;3-7H,1H3;2-4,10H;1-2H. The number of carbonyl (C=O) groups excluding carboxylic acids is 2. The van der Waals surface area contributed by atoms with Crippen LogP contribution < -0.4 is 33.7 Å². The number of halogens is 14. The second kappa shape index (κ2) is 44.6. The number of hydrogen-bond acceptors (Lipinski definition) is 14. The number of phenolic OH excluding ortho intramolecular Hbond substituents is 1. The molecule has 0 spiro atoms. The number of esters is 1. The fraction of sp³-hybridized carbons (Fsp3) is 0.110. The number of hydrogen-bond donors (Lipinski definition) is 2. The molecule has 11 aromatic rings. The van der Waals surface area contributed by atoms with Crippen LogP contribution in [-0.2, 0) is 14.3 Å². The third kappa shape index (κ3) is 27.8. The predicted octanol–water partition coefficient (Wildman–Crippen LogP) is 27.6. The van der Waals surface area contributed by atoms with Gasteiger partial charge in [-0.15, -0.1) is 0 Å². The number of nitro groups is 2. The van der Waals surface area contributed by atoms with E-state index in [0.717, 1.165) is 17.2 Å². The minimum Gasteiger partial charge on any atom is -0.509 e. The number of carbonyl (C=O) groups is 2. The molecule has 118 heavy (non-hydrogen) atoms. The minimum absolute atomic E-state index is 0.00563. The van der Waals surface area contributed by atoms with E-state index in [4.69, 9.17) is 152 Å². The van der Waals surface area contributed by atoms with Gasteiger partial charge in [-0.05, 0) is 197 Å². The molecule has 0 heterocycles. The Morgan fingerprint density at radius 3 is 1.25 bits per heavy atom. The summed E-state index contributed by atoms with van der Waals surface area (Å²) >= 11 is 41.1. The molecule has 11 aromatic carbocycles. The van der Waals surface area contributed by atoms with Crippen LogP contribution in [0.15, 0.2) is 170 Å². The van der Waals surface area contributed by atoms with Gasteiger partial charge >= 0.3 is 17.3 Å². The molecule has 0 radical (unpaired) electrons. The number of aryl methyl sites for hydroxylation is 5. The van der Waals surface area contributed by atoms with Crippen molar-refractivity contribution in [2.24, 2.45) is 0 Å². The van der Waals surface area contributed by atoms with E-state index < -0.39 is 92.8 Å². The first-order valence-corrected chi connectivity index (χ1v) is 35.6. The lowest BCUT2D eigenvalue weighted by Crippen LogP contribution is -2.21. The van der Waals surface area contributed by atoms with Crippen molar-refractivity contribution in [1.82, 2.24) is 0 Å². The van der Waals surface area contributed by atoms with Gasteiger partial charge in [-0.1, -0.05) is 111 Å². The number of nitrogens with zero attached hydrogens (tertiary/aromatic N) is 7. The summed E-state index contributed by atoms with van der Waals surface area (Å²) < 4.78 is 131. The first kappa shape index (κ1) is 93.6. The molecule has 0 unspecified atom stereocenters. The van der Waals surface area contributed by atoms with Crippen LogP contribution in [0.4, 0.5) is 76.2 Å². The summed E-state index contributed by atoms with van der Waals surface area (Å²) in [7, 11) is 0. The molecule has 2 N–H and O–H groups in total. The van der Waals surface area contributed by atoms with Crippen LogP contribution >= 0.6 is 81.2 Å². The smallest absolute Gasteiger partial charge is 0.344 e. The Morgan fingerprint density at radius 1 is 0.415 bits per heavy atom. The van der Waals surface area contributed by atoms with E-state index in [2.05, 4.69) is 29.5 Å². The van der Waals surface area contributed by atoms with Crippen molar-refractivity contribution in [2.45, 2.75) is 41.5 Å². The Kier molecular flexibility index (Phi) is 35.4. The molecule has 0 bridgehead atoms. The van der Waals surface area contributed by atoms with E-state index in [1.807, 2.05) is 26.0 Å². The lowest BCUT2D eigenvalue weighted by atomic mass is 10.1. The van der Waals surface area contributed by atoms with Crippen LogP contribution in [0.2, 0.25) is 35.2 Å². The van der Waals surface area contributed by atoms with Gasteiger partial charge in [-0.3, -0.25) is 25.0 Å². The SMILES string of the molecule is O=[N+]([O-])c1ccc(F)c(F)c1F.[C-]#[N+]c1cc(Cl)cc(Oc2c(C)ccc(OCC(=O)OCC)c2F)c1.[C-]#[N+]c1cc(Cl)cc(Oc2c(Cl)ccc(C)c2F)c1.[C-]#[N+]c1cc(Cl)cc(Oc2c(Cl)ccc(OCC(=O)Nc3ccc(C)cc3C)c2F)c1.[C-]#[N+]c1cc(Cl)cc(Oc2c([N+](=O)[O-])ccc(C)c2F)c1.[C-]#[N+]c1cc(O)cc(Cl)c1. The summed E-state index contributed by atoms with van der Waals surface area (Å²) in [5, 5.41) is 34.2. The molecule has 22 nitrogen and oxygen atoms in total. The summed E-state index contributed by atoms with van der Waals surface area (Å²) in [5.74, 6) is -9.65. The molecule has 0 aliphatic rings. The Hall–Kier alpha value is -13.3. The number of nitrogens with one attached hydrogen (secondary N) is 1. The number of aromatic hydroxyl groups is 1. The van der Waals surface area contributed by atoms with Crippen molar-refractivity contribution in [3.8, 4) is 63.2 Å². The maximum atomic E-state index is 14.9. The van der Waals surface area contributed by atoms with Gasteiger partial charge in [0.25, 0.3) is 5.91 Å². The van der Waals surface area contributed by atoms with E-state index in [1.54, 1.807) is 45.0 Å². The molecule has 11 rings (SSSR count). The normalized spacial score (nSPS) is 9.99. The monoisotopic (exact) mass is 1750 g/mol. The second-order valence-electron chi connectivity index (χ2n) is 23.4. The van der Waals surface area contributed by atoms with Crippen LogP contribution in [0.1, 0.15) is 34.7 Å². The summed E-state index contributed by atoms with van der Waals surface area (Å²) in [4.78, 5) is 58.7. The Balaban J connectivity index is 0.000000227. The van der Waals surface area contributed by atoms with Crippen LogP contribution in [0, 0.1) is 128 Å². The quantitative estimate of drug-likeness (QED) is 0.0203. The fourth-order valence-corrected chi connectivity index (χ4v) is 10.7. The van der Waals surface area contributed by atoms with Gasteiger partial charge in [0.2, 0.25) is 29.0 Å². The average Bonchev–Trinajstić information content (AvgIpc) is 0.803. The zero-order chi connectivity index (χ0) is 87.4. The summed E-state index contributed by atoms with van der Waals surface area (Å²) in [6.45, 7) is 44.2. The van der Waals surface area contributed by atoms with E-state index in [1.165, 1.54) is 122 Å². The largest absolute Gasteiger partial charge is 0.509 e. The number of phenols is 1. The van der Waals surface area contributed by atoms with E-state index in [-0.39, 0.29) is 107 Å². The molecule has 0 aromatic heterocycles. The van der Waals surface area contributed by atoms with Crippen molar-refractivity contribution < 1.29 is 88.4 Å². The van der Waals surface area contributed by atoms with Crippen molar-refractivity contribution in [2.75, 3.05) is 25.1 Å². The number of rotatable bonds is 18. The molecule has 0 atom stereocenters. The molecule has 0 aliphatic heterocycles. The predicted molar refractivity (Wildman–Crippen MR) is 432 cm³/mol.